The highest BCUT2D eigenvalue weighted by Crippen LogP contribution is 2.43. The second kappa shape index (κ2) is 41.2. The van der Waals surface area contributed by atoms with Gasteiger partial charge in [0.2, 0.25) is 0 Å². The number of carboxylic acids is 1. The van der Waals surface area contributed by atoms with Gasteiger partial charge in [-0.15, -0.1) is 0 Å². The van der Waals surface area contributed by atoms with E-state index >= 15 is 0 Å². The Morgan fingerprint density at radius 1 is 0.574 bits per heavy atom. The van der Waals surface area contributed by atoms with Crippen LogP contribution in [0.2, 0.25) is 0 Å². The number of unbranched alkanes of at least 4 members (excludes halogenated alkanes) is 6. The molecule has 0 radical (unpaired) electrons. The van der Waals surface area contributed by atoms with E-state index < -0.39 is 57.7 Å². The van der Waals surface area contributed by atoms with Crippen LogP contribution in [0.15, 0.2) is 109 Å². The van der Waals surface area contributed by atoms with Gasteiger partial charge < -0.3 is 25.2 Å². The van der Waals surface area contributed by atoms with Gasteiger partial charge in [0.25, 0.3) is 0 Å². The van der Waals surface area contributed by atoms with Gasteiger partial charge in [0, 0.05) is 19.3 Å². The first-order valence-corrected chi connectivity index (χ1v) is 23.4. The summed E-state index contributed by atoms with van der Waals surface area (Å²) in [6.45, 7) is 2.35. The van der Waals surface area contributed by atoms with Crippen LogP contribution < -0.4 is 5.73 Å². The Balaban J connectivity index is 4.64. The fraction of sp³-hybridized carbons (Fsp3) is 0.542. The van der Waals surface area contributed by atoms with Crippen LogP contribution >= 0.6 is 7.82 Å². The fourth-order valence-corrected chi connectivity index (χ4v) is 5.82. The van der Waals surface area contributed by atoms with Gasteiger partial charge in [0.15, 0.2) is 11.9 Å². The van der Waals surface area contributed by atoms with E-state index in [9.17, 15) is 28.6 Å². The minimum absolute atomic E-state index is 0.0880. The van der Waals surface area contributed by atoms with Crippen LogP contribution in [-0.4, -0.2) is 65.7 Å². The molecule has 0 aromatic heterocycles. The lowest BCUT2D eigenvalue weighted by molar-refractivity contribution is -0.161. The Labute approximate surface area is 365 Å². The first-order chi connectivity index (χ1) is 29.5. The maximum Gasteiger partial charge on any atom is 0.472 e. The molecule has 342 valence electrons. The number of hydrogen-bond donors (Lipinski definition) is 3. The van der Waals surface area contributed by atoms with Gasteiger partial charge in [-0.25, -0.2) is 4.57 Å². The lowest BCUT2D eigenvalue weighted by atomic mass is 10.1. The normalized spacial score (nSPS) is 14.6. The number of phosphoric acid groups is 1. The van der Waals surface area contributed by atoms with E-state index in [2.05, 4.69) is 103 Å². The molecule has 0 saturated heterocycles. The molecular formula is C48H74NO11P. The molecule has 12 nitrogen and oxygen atoms in total. The van der Waals surface area contributed by atoms with Gasteiger partial charge in [-0.2, -0.15) is 0 Å². The summed E-state index contributed by atoms with van der Waals surface area (Å²) in [5, 5.41) is 8.89. The Bertz CT molecular complexity index is 1510. The zero-order chi connectivity index (χ0) is 45.1. The molecule has 1 unspecified atom stereocenters. The third-order valence-electron chi connectivity index (χ3n) is 8.48. The minimum atomic E-state index is -4.80. The number of nitrogens with two attached hydrogens (primary N) is 1. The van der Waals surface area contributed by atoms with Crippen molar-refractivity contribution in [3.63, 3.8) is 0 Å². The number of esters is 2. The van der Waals surface area contributed by atoms with E-state index in [0.29, 0.717) is 6.42 Å². The minimum Gasteiger partial charge on any atom is -0.480 e. The van der Waals surface area contributed by atoms with Crippen LogP contribution in [0.5, 0.6) is 0 Å². The molecule has 0 saturated carbocycles. The molecule has 0 amide bonds. The third kappa shape index (κ3) is 41.0. The summed E-state index contributed by atoms with van der Waals surface area (Å²) < 4.78 is 32.4. The van der Waals surface area contributed by atoms with E-state index in [1.807, 2.05) is 6.08 Å². The van der Waals surface area contributed by atoms with Crippen LogP contribution in [0.3, 0.4) is 0 Å². The van der Waals surface area contributed by atoms with Crippen molar-refractivity contribution in [3.8, 4) is 0 Å². The van der Waals surface area contributed by atoms with Crippen molar-refractivity contribution in [2.45, 2.75) is 148 Å². The molecule has 0 aliphatic rings. The lowest BCUT2D eigenvalue weighted by Gasteiger charge is -2.20. The van der Waals surface area contributed by atoms with Gasteiger partial charge in [-0.1, -0.05) is 136 Å². The quantitative estimate of drug-likeness (QED) is 0.0133. The summed E-state index contributed by atoms with van der Waals surface area (Å²) in [6, 6.07) is -1.57. The summed E-state index contributed by atoms with van der Waals surface area (Å²) in [5.74, 6) is -2.90. The van der Waals surface area contributed by atoms with Crippen LogP contribution in [0, 0.1) is 0 Å². The zero-order valence-electron chi connectivity index (χ0n) is 36.7. The summed E-state index contributed by atoms with van der Waals surface area (Å²) in [6.07, 6.45) is 50.2. The van der Waals surface area contributed by atoms with E-state index in [4.69, 9.17) is 24.8 Å². The average molecular weight is 872 g/mol. The summed E-state index contributed by atoms with van der Waals surface area (Å²) in [5.41, 5.74) is 5.31. The number of carbonyl (C=O) groups excluding carboxylic acids is 3. The number of allylic oxidation sites excluding steroid dienone is 18. The Morgan fingerprint density at radius 3 is 1.64 bits per heavy atom. The van der Waals surface area contributed by atoms with Gasteiger partial charge >= 0.3 is 25.7 Å². The molecule has 0 spiro atoms. The van der Waals surface area contributed by atoms with Crippen LogP contribution in [0.1, 0.15) is 136 Å². The number of carbonyl (C=O) groups is 4. The van der Waals surface area contributed by atoms with Crippen molar-refractivity contribution >= 4 is 31.5 Å². The van der Waals surface area contributed by atoms with Crippen LogP contribution in [0.25, 0.3) is 0 Å². The molecule has 61 heavy (non-hydrogen) atoms. The number of ether oxygens (including phenoxy) is 2. The summed E-state index contributed by atoms with van der Waals surface area (Å²) >= 11 is 0. The van der Waals surface area contributed by atoms with Crippen LogP contribution in [-0.2, 0) is 42.3 Å². The second-order valence-electron chi connectivity index (χ2n) is 14.1. The van der Waals surface area contributed by atoms with Crippen molar-refractivity contribution in [2.75, 3.05) is 19.8 Å². The first kappa shape index (κ1) is 56.8. The third-order valence-corrected chi connectivity index (χ3v) is 9.43. The van der Waals surface area contributed by atoms with Crippen molar-refractivity contribution < 1.29 is 52.3 Å². The highest BCUT2D eigenvalue weighted by atomic mass is 31.2. The summed E-state index contributed by atoms with van der Waals surface area (Å²) in [4.78, 5) is 58.2. The predicted molar refractivity (Wildman–Crippen MR) is 245 cm³/mol. The van der Waals surface area contributed by atoms with Crippen molar-refractivity contribution in [2.24, 2.45) is 5.73 Å². The maximum atomic E-state index is 12.6. The second-order valence-corrected chi connectivity index (χ2v) is 15.6. The van der Waals surface area contributed by atoms with Gasteiger partial charge in [0.05, 0.1) is 13.2 Å². The molecule has 4 N–H and O–H groups in total. The van der Waals surface area contributed by atoms with E-state index in [1.165, 1.54) is 25.3 Å². The van der Waals surface area contributed by atoms with E-state index in [0.717, 1.165) is 70.6 Å². The fourth-order valence-electron chi connectivity index (χ4n) is 5.04. The predicted octanol–water partition coefficient (Wildman–Crippen LogP) is 11.0. The highest BCUT2D eigenvalue weighted by Gasteiger charge is 2.28. The number of rotatable bonds is 39. The van der Waals surface area contributed by atoms with Crippen molar-refractivity contribution in [1.29, 1.82) is 0 Å². The molecule has 0 bridgehead atoms. The maximum absolute atomic E-state index is 12.6. The smallest absolute Gasteiger partial charge is 0.472 e. The van der Waals surface area contributed by atoms with Gasteiger partial charge in [-0.3, -0.25) is 28.2 Å². The Hall–Kier alpha value is -4.19. The molecule has 0 aliphatic heterocycles. The number of ketones is 1. The van der Waals surface area contributed by atoms with Gasteiger partial charge in [0.1, 0.15) is 12.6 Å². The van der Waals surface area contributed by atoms with Crippen LogP contribution in [0.4, 0.5) is 0 Å². The van der Waals surface area contributed by atoms with Crippen molar-refractivity contribution in [1.82, 2.24) is 0 Å². The Morgan fingerprint density at radius 2 is 1.08 bits per heavy atom. The van der Waals surface area contributed by atoms with Crippen molar-refractivity contribution in [3.05, 3.63) is 109 Å². The summed E-state index contributed by atoms with van der Waals surface area (Å²) in [7, 11) is -4.80. The number of aliphatic carboxylic acids is 1. The molecule has 3 atom stereocenters. The number of carboxylic acid groups (broad SMARTS) is 1. The zero-order valence-corrected chi connectivity index (χ0v) is 37.6. The largest absolute Gasteiger partial charge is 0.480 e. The lowest BCUT2D eigenvalue weighted by Crippen LogP contribution is -2.34. The molecule has 0 aromatic rings. The molecule has 0 fully saturated rings. The van der Waals surface area contributed by atoms with Gasteiger partial charge in [-0.05, 0) is 89.5 Å². The van der Waals surface area contributed by atoms with E-state index in [1.54, 1.807) is 12.2 Å². The SMILES string of the molecule is CC/C=C\C/C=C\C/C=C\C/C=C\C/C=C\CCCCCC(=O)OC[C@H](COP(=O)(O)OC[C@H](N)C(=O)O)OC(=O)CCCC(=O)/C=C/C=C\C/C=C\C/C=C\CCCCC. The molecule has 0 heterocycles. The van der Waals surface area contributed by atoms with E-state index in [-0.39, 0.29) is 31.5 Å². The monoisotopic (exact) mass is 871 g/mol. The molecular weight excluding hydrogens is 797 g/mol. The standard InChI is InChI=1S/C48H74NO11P/c1-3-5-7-9-11-13-15-17-18-19-20-21-22-24-26-28-30-32-34-38-46(51)57-40-44(41-58-61(55,56)59-42-45(49)48(53)54)60-47(52)39-35-37-43(50)36-33-31-29-27-25-23-16-14-12-10-8-6-4-2/h5,7,11-14,17-18,20-21,23-26,29,31,33,36,44-45H,3-4,6,8-10,15-16,19,22,27-28,30,32,34-35,37-42,49H2,1-2H3,(H,53,54)(H,55,56)/b7-5-,13-11-,14-12-,18-17-,21-20-,25-23-,26-24-,31-29-,36-33+/t44-,45+/m1/s1. The molecule has 0 rings (SSSR count). The molecule has 0 aliphatic carbocycles. The molecule has 13 heteroatoms. The Kier molecular flexibility index (Phi) is 38.3. The highest BCUT2D eigenvalue weighted by molar-refractivity contribution is 7.47. The average Bonchev–Trinajstić information content (AvgIpc) is 3.23. The first-order valence-electron chi connectivity index (χ1n) is 21.9. The number of hydrogen-bond acceptors (Lipinski definition) is 10. The number of phosphoric ester groups is 1. The topological polar surface area (TPSA) is 189 Å². The molecule has 0 aromatic carbocycles.